The number of nitrogens with one attached hydrogen (secondary N) is 1. The van der Waals surface area contributed by atoms with Crippen molar-refractivity contribution in [1.29, 1.82) is 0 Å². The molecule has 2 fully saturated rings. The first-order chi connectivity index (χ1) is 9.31. The van der Waals surface area contributed by atoms with Crippen LogP contribution in [-0.4, -0.2) is 59.4 Å². The van der Waals surface area contributed by atoms with Gasteiger partial charge in [0.2, 0.25) is 17.8 Å². The molecule has 3 rings (SSSR count). The Morgan fingerprint density at radius 3 is 2.47 bits per heavy atom. The number of ether oxygens (including phenoxy) is 1. The van der Waals surface area contributed by atoms with Crippen LogP contribution < -0.4 is 16.1 Å². The molecule has 8 nitrogen and oxygen atoms in total. The van der Waals surface area contributed by atoms with Gasteiger partial charge >= 0.3 is 0 Å². The molecule has 104 valence electrons. The Kier molecular flexibility index (Phi) is 3.60. The number of aromatic nitrogens is 3. The summed E-state index contributed by atoms with van der Waals surface area (Å²) in [5, 5.41) is 2.03. The van der Waals surface area contributed by atoms with E-state index in [0.29, 0.717) is 25.1 Å². The van der Waals surface area contributed by atoms with E-state index in [9.17, 15) is 0 Å². The molecule has 2 aliphatic rings. The Balaban J connectivity index is 1.73. The Morgan fingerprint density at radius 1 is 1.00 bits per heavy atom. The van der Waals surface area contributed by atoms with Crippen LogP contribution in [0.2, 0.25) is 0 Å². The molecule has 0 aromatic carbocycles. The van der Waals surface area contributed by atoms with Gasteiger partial charge in [-0.3, -0.25) is 5.43 Å². The smallest absolute Gasteiger partial charge is 0.244 e. The Morgan fingerprint density at radius 2 is 1.74 bits per heavy atom. The van der Waals surface area contributed by atoms with Crippen molar-refractivity contribution in [1.82, 2.24) is 20.0 Å². The van der Waals surface area contributed by atoms with Crippen LogP contribution in [0.25, 0.3) is 0 Å². The summed E-state index contributed by atoms with van der Waals surface area (Å²) in [5.74, 6) is 1.43. The maximum atomic E-state index is 5.76. The monoisotopic (exact) mass is 265 g/mol. The van der Waals surface area contributed by atoms with Crippen LogP contribution in [0.1, 0.15) is 12.8 Å². The van der Waals surface area contributed by atoms with Crippen LogP contribution in [0.5, 0.6) is 0 Å². The van der Waals surface area contributed by atoms with Gasteiger partial charge in [0, 0.05) is 26.2 Å². The highest BCUT2D eigenvalue weighted by Gasteiger charge is 2.18. The lowest BCUT2D eigenvalue weighted by molar-refractivity contribution is 0.0492. The molecule has 19 heavy (non-hydrogen) atoms. The van der Waals surface area contributed by atoms with Crippen LogP contribution in [0, 0.1) is 0 Å². The Bertz CT molecular complexity index is 429. The van der Waals surface area contributed by atoms with Gasteiger partial charge in [-0.2, -0.15) is 15.0 Å². The van der Waals surface area contributed by atoms with Crippen LogP contribution in [0.4, 0.5) is 17.8 Å². The zero-order valence-electron chi connectivity index (χ0n) is 10.9. The fourth-order valence-corrected chi connectivity index (χ4v) is 2.31. The number of nitrogens with zero attached hydrogens (tertiary/aromatic N) is 5. The molecule has 3 N–H and O–H groups in total. The second-order valence-corrected chi connectivity index (χ2v) is 4.72. The van der Waals surface area contributed by atoms with Crippen molar-refractivity contribution >= 4 is 17.8 Å². The number of anilines is 3. The highest BCUT2D eigenvalue weighted by atomic mass is 16.5. The molecule has 0 aliphatic carbocycles. The van der Waals surface area contributed by atoms with Gasteiger partial charge in [-0.15, -0.1) is 0 Å². The van der Waals surface area contributed by atoms with Crippen molar-refractivity contribution in [2.45, 2.75) is 12.8 Å². The van der Waals surface area contributed by atoms with Gasteiger partial charge < -0.3 is 15.4 Å². The summed E-state index contributed by atoms with van der Waals surface area (Å²) >= 11 is 0. The highest BCUT2D eigenvalue weighted by Crippen LogP contribution is 2.17. The summed E-state index contributed by atoms with van der Waals surface area (Å²) in [7, 11) is 0. The SMILES string of the molecule is Nc1nc(NN2CCOCC2)nc(N2CCCC2)n1. The van der Waals surface area contributed by atoms with E-state index in [4.69, 9.17) is 10.5 Å². The average Bonchev–Trinajstić information content (AvgIpc) is 2.93. The van der Waals surface area contributed by atoms with Gasteiger partial charge in [0.15, 0.2) is 0 Å². The number of morpholine rings is 1. The van der Waals surface area contributed by atoms with E-state index in [1.807, 2.05) is 5.01 Å². The molecule has 2 aliphatic heterocycles. The summed E-state index contributed by atoms with van der Waals surface area (Å²) in [4.78, 5) is 14.9. The lowest BCUT2D eigenvalue weighted by atomic mass is 10.4. The fourth-order valence-electron chi connectivity index (χ4n) is 2.31. The largest absolute Gasteiger partial charge is 0.379 e. The van der Waals surface area contributed by atoms with Crippen molar-refractivity contribution in [3.8, 4) is 0 Å². The highest BCUT2D eigenvalue weighted by molar-refractivity contribution is 5.42. The van der Waals surface area contributed by atoms with Crippen molar-refractivity contribution in [3.63, 3.8) is 0 Å². The topological polar surface area (TPSA) is 92.4 Å². The predicted molar refractivity (Wildman–Crippen MR) is 71.7 cm³/mol. The minimum absolute atomic E-state index is 0.257. The van der Waals surface area contributed by atoms with Gasteiger partial charge in [-0.1, -0.05) is 0 Å². The van der Waals surface area contributed by atoms with E-state index >= 15 is 0 Å². The summed E-state index contributed by atoms with van der Waals surface area (Å²) in [6.45, 7) is 5.02. The molecule has 0 saturated carbocycles. The first-order valence-electron chi connectivity index (χ1n) is 6.67. The molecule has 3 heterocycles. The van der Waals surface area contributed by atoms with Crippen molar-refractivity contribution in [2.75, 3.05) is 55.5 Å². The third-order valence-electron chi connectivity index (χ3n) is 3.30. The van der Waals surface area contributed by atoms with E-state index in [0.717, 1.165) is 26.2 Å². The van der Waals surface area contributed by atoms with Gasteiger partial charge in [0.1, 0.15) is 0 Å². The minimum Gasteiger partial charge on any atom is -0.379 e. The number of nitrogens with two attached hydrogens (primary N) is 1. The van der Waals surface area contributed by atoms with E-state index < -0.39 is 0 Å². The van der Waals surface area contributed by atoms with Crippen LogP contribution in [0.15, 0.2) is 0 Å². The molecule has 0 radical (unpaired) electrons. The van der Waals surface area contributed by atoms with Gasteiger partial charge in [-0.25, -0.2) is 5.01 Å². The van der Waals surface area contributed by atoms with Crippen molar-refractivity contribution < 1.29 is 4.74 Å². The van der Waals surface area contributed by atoms with Crippen molar-refractivity contribution in [3.05, 3.63) is 0 Å². The number of nitrogen functional groups attached to an aromatic ring is 1. The van der Waals surface area contributed by atoms with Gasteiger partial charge in [0.05, 0.1) is 13.2 Å². The molecule has 8 heteroatoms. The average molecular weight is 265 g/mol. The second-order valence-electron chi connectivity index (χ2n) is 4.72. The molecule has 1 aromatic heterocycles. The lowest BCUT2D eigenvalue weighted by Crippen LogP contribution is -2.41. The minimum atomic E-state index is 0.257. The lowest BCUT2D eigenvalue weighted by Gasteiger charge is -2.27. The molecule has 0 amide bonds. The molecule has 0 unspecified atom stereocenters. The second kappa shape index (κ2) is 5.54. The van der Waals surface area contributed by atoms with Crippen molar-refractivity contribution in [2.24, 2.45) is 0 Å². The summed E-state index contributed by atoms with van der Waals surface area (Å²) in [6.07, 6.45) is 2.36. The molecular weight excluding hydrogens is 246 g/mol. The van der Waals surface area contributed by atoms with E-state index in [2.05, 4.69) is 25.3 Å². The number of hydrogen-bond donors (Lipinski definition) is 2. The number of hydrazine groups is 1. The molecule has 1 aromatic rings. The first-order valence-corrected chi connectivity index (χ1v) is 6.67. The van der Waals surface area contributed by atoms with E-state index in [-0.39, 0.29) is 5.95 Å². The molecular formula is C11H19N7O. The number of hydrogen-bond acceptors (Lipinski definition) is 8. The molecule has 2 saturated heterocycles. The fraction of sp³-hybridized carbons (Fsp3) is 0.727. The summed E-state index contributed by atoms with van der Waals surface area (Å²) in [5.41, 5.74) is 8.93. The van der Waals surface area contributed by atoms with Crippen LogP contribution >= 0.6 is 0 Å². The maximum absolute atomic E-state index is 5.76. The van der Waals surface area contributed by atoms with Crippen LogP contribution in [-0.2, 0) is 4.74 Å². The first kappa shape index (κ1) is 12.4. The molecule has 0 atom stereocenters. The quantitative estimate of drug-likeness (QED) is 0.770. The molecule has 0 spiro atoms. The van der Waals surface area contributed by atoms with Gasteiger partial charge in [0.25, 0.3) is 0 Å². The Labute approximate surface area is 111 Å². The summed E-state index contributed by atoms with van der Waals surface area (Å²) in [6, 6.07) is 0. The predicted octanol–water partition coefficient (Wildman–Crippen LogP) is -0.287. The van der Waals surface area contributed by atoms with Gasteiger partial charge in [-0.05, 0) is 12.8 Å². The van der Waals surface area contributed by atoms with Crippen LogP contribution in [0.3, 0.4) is 0 Å². The zero-order valence-corrected chi connectivity index (χ0v) is 10.9. The third-order valence-corrected chi connectivity index (χ3v) is 3.30. The Hall–Kier alpha value is -1.67. The third kappa shape index (κ3) is 3.02. The van der Waals surface area contributed by atoms with E-state index in [1.54, 1.807) is 0 Å². The standard InChI is InChI=1S/C11H19N7O/c12-9-13-10(16-18-5-7-19-8-6-18)15-11(14-9)17-3-1-2-4-17/h1-8H2,(H3,12,13,14,15,16). The van der Waals surface area contributed by atoms with E-state index in [1.165, 1.54) is 12.8 Å². The zero-order chi connectivity index (χ0) is 13.1. The normalized spacial score (nSPS) is 20.7. The number of rotatable bonds is 3. The molecule has 0 bridgehead atoms. The summed E-state index contributed by atoms with van der Waals surface area (Å²) < 4.78 is 5.30. The maximum Gasteiger partial charge on any atom is 0.244 e.